The van der Waals surface area contributed by atoms with Crippen molar-refractivity contribution in [2.24, 2.45) is 0 Å². The Morgan fingerprint density at radius 3 is 2.66 bits per heavy atom. The summed E-state index contributed by atoms with van der Waals surface area (Å²) in [7, 11) is 0. The molecule has 8 rings (SSSR count). The summed E-state index contributed by atoms with van der Waals surface area (Å²) < 4.78 is 17.8. The number of carbonyl (C=O) groups is 2. The minimum atomic E-state index is -1.02. The number of carbonyl (C=O) groups excluding carboxylic acids is 2. The molecular weight excluding hydrogens is 601 g/mol. The van der Waals surface area contributed by atoms with Gasteiger partial charge in [0.05, 0.1) is 29.3 Å². The van der Waals surface area contributed by atoms with Gasteiger partial charge in [0.1, 0.15) is 5.82 Å². The minimum Gasteiger partial charge on any atom is -0.368 e. The lowest BCUT2D eigenvalue weighted by atomic mass is 9.99. The molecule has 2 amide bonds. The number of hydrogen-bond acceptors (Lipinski definition) is 7. The van der Waals surface area contributed by atoms with Crippen LogP contribution in [0.4, 0.5) is 15.2 Å². The monoisotopic (exact) mass is 631 g/mol. The average Bonchev–Trinajstić information content (AvgIpc) is 3.31. The van der Waals surface area contributed by atoms with E-state index in [4.69, 9.17) is 11.6 Å². The molecule has 4 aliphatic rings. The van der Waals surface area contributed by atoms with Crippen molar-refractivity contribution in [3.8, 4) is 11.1 Å². The van der Waals surface area contributed by atoms with E-state index in [1.54, 1.807) is 24.0 Å². The van der Waals surface area contributed by atoms with Gasteiger partial charge in [-0.05, 0) is 61.1 Å². The summed E-state index contributed by atoms with van der Waals surface area (Å²) in [5.41, 5.74) is 4.24. The predicted molar refractivity (Wildman–Crippen MR) is 168 cm³/mol. The molecule has 1 saturated carbocycles. The molecule has 1 N–H and O–H groups in total. The molecule has 12 heteroatoms. The molecule has 2 aromatic heterocycles. The molecule has 4 aromatic rings. The van der Waals surface area contributed by atoms with Gasteiger partial charge in [0, 0.05) is 67.2 Å². The summed E-state index contributed by atoms with van der Waals surface area (Å²) in [5.74, 6) is -1.31. The van der Waals surface area contributed by atoms with Gasteiger partial charge in [0.25, 0.3) is 11.8 Å². The fourth-order valence-corrected chi connectivity index (χ4v) is 7.71. The maximum absolute atomic E-state index is 15.7. The van der Waals surface area contributed by atoms with E-state index in [1.807, 2.05) is 22.8 Å². The van der Waals surface area contributed by atoms with Crippen LogP contribution in [0, 0.1) is 5.82 Å². The Morgan fingerprint density at radius 1 is 1.07 bits per heavy atom. The van der Waals surface area contributed by atoms with E-state index in [2.05, 4.69) is 25.1 Å². The van der Waals surface area contributed by atoms with Crippen molar-refractivity contribution in [1.29, 1.82) is 0 Å². The second-order valence-corrected chi connectivity index (χ2v) is 13.2. The number of rotatable bonds is 7. The largest absolute Gasteiger partial charge is 0.368 e. The summed E-state index contributed by atoms with van der Waals surface area (Å²) in [4.78, 5) is 42.7. The van der Waals surface area contributed by atoms with E-state index in [0.29, 0.717) is 21.4 Å². The number of aryl methyl sites for hydroxylation is 1. The molecule has 3 aliphatic heterocycles. The lowest BCUT2D eigenvalue weighted by Crippen LogP contribution is -2.47. The molecular formula is C32H31ClFN7O2S. The van der Waals surface area contributed by atoms with E-state index in [1.165, 1.54) is 35.1 Å². The Bertz CT molecular complexity index is 1760. The van der Waals surface area contributed by atoms with Crippen molar-refractivity contribution in [1.82, 2.24) is 24.3 Å². The van der Waals surface area contributed by atoms with E-state index >= 15 is 4.39 Å². The molecule has 2 fully saturated rings. The van der Waals surface area contributed by atoms with Crippen LogP contribution in [0.3, 0.4) is 0 Å². The highest BCUT2D eigenvalue weighted by molar-refractivity contribution is 7.13. The fraction of sp³-hybridized carbons (Fsp3) is 0.375. The first-order chi connectivity index (χ1) is 21.4. The first-order valence-electron chi connectivity index (χ1n) is 15.1. The second kappa shape index (κ2) is 11.0. The molecule has 9 nitrogen and oxygen atoms in total. The molecule has 0 radical (unpaired) electrons. The van der Waals surface area contributed by atoms with Crippen molar-refractivity contribution in [2.75, 3.05) is 36.4 Å². The maximum Gasteiger partial charge on any atom is 0.255 e. The van der Waals surface area contributed by atoms with Crippen molar-refractivity contribution >= 4 is 45.6 Å². The standard InChI is InChI=1S/C32H31ClFN7O2S/c33-24-15-19(3-6-26(24)39-11-9-38(10-12-39)21-4-5-21)20-14-22-23(25(34)16-20)17-41(31(22)43)29(30(42)37-32-35-7-13-44-32)28-27-2-1-8-40(27)18-36-28/h3,6-7,13-16,18,21,29H,1-2,4-5,8-12,17H2,(H,35,37,42). The fourth-order valence-electron chi connectivity index (χ4n) is 6.88. The quantitative estimate of drug-likeness (QED) is 0.295. The molecule has 1 atom stereocenters. The Hall–Kier alpha value is -3.80. The van der Waals surface area contributed by atoms with Gasteiger partial charge in [-0.1, -0.05) is 17.7 Å². The zero-order valence-corrected chi connectivity index (χ0v) is 25.6. The Labute approximate surface area is 263 Å². The van der Waals surface area contributed by atoms with Gasteiger partial charge in [-0.3, -0.25) is 19.8 Å². The molecule has 1 aliphatic carbocycles. The van der Waals surface area contributed by atoms with Gasteiger partial charge in [0.15, 0.2) is 11.2 Å². The maximum atomic E-state index is 15.7. The molecule has 1 unspecified atom stereocenters. The van der Waals surface area contributed by atoms with Crippen LogP contribution >= 0.6 is 22.9 Å². The smallest absolute Gasteiger partial charge is 0.255 e. The highest BCUT2D eigenvalue weighted by atomic mass is 35.5. The minimum absolute atomic E-state index is 0.0327. The number of hydrogen-bond donors (Lipinski definition) is 1. The molecule has 226 valence electrons. The van der Waals surface area contributed by atoms with Gasteiger partial charge >= 0.3 is 0 Å². The van der Waals surface area contributed by atoms with Crippen molar-refractivity contribution in [3.63, 3.8) is 0 Å². The first kappa shape index (κ1) is 27.7. The number of amides is 2. The third kappa shape index (κ3) is 4.87. The number of benzene rings is 2. The summed E-state index contributed by atoms with van der Waals surface area (Å²) in [6, 6.07) is 8.67. The van der Waals surface area contributed by atoms with Crippen LogP contribution < -0.4 is 10.2 Å². The molecule has 5 heterocycles. The summed E-state index contributed by atoms with van der Waals surface area (Å²) in [5, 5.41) is 5.63. The van der Waals surface area contributed by atoms with Gasteiger partial charge in [-0.2, -0.15) is 0 Å². The number of anilines is 2. The Kier molecular flexibility index (Phi) is 6.92. The van der Waals surface area contributed by atoms with Crippen LogP contribution in [0.2, 0.25) is 5.02 Å². The van der Waals surface area contributed by atoms with Gasteiger partial charge in [-0.25, -0.2) is 14.4 Å². The average molecular weight is 632 g/mol. The predicted octanol–water partition coefficient (Wildman–Crippen LogP) is 5.37. The van der Waals surface area contributed by atoms with E-state index in [0.717, 1.165) is 68.6 Å². The number of piperazine rings is 1. The van der Waals surface area contributed by atoms with Crippen LogP contribution in [0.1, 0.15) is 52.6 Å². The molecule has 44 heavy (non-hydrogen) atoms. The van der Waals surface area contributed by atoms with Crippen LogP contribution in [0.5, 0.6) is 0 Å². The normalized spacial score (nSPS) is 18.9. The van der Waals surface area contributed by atoms with Crippen LogP contribution in [-0.4, -0.2) is 68.4 Å². The third-order valence-corrected chi connectivity index (χ3v) is 10.3. The van der Waals surface area contributed by atoms with Gasteiger partial charge in [0.2, 0.25) is 0 Å². The third-order valence-electron chi connectivity index (χ3n) is 9.29. The van der Waals surface area contributed by atoms with E-state index in [9.17, 15) is 9.59 Å². The summed E-state index contributed by atoms with van der Waals surface area (Å²) in [6.45, 7) is 4.68. The van der Waals surface area contributed by atoms with Crippen LogP contribution in [0.25, 0.3) is 11.1 Å². The van der Waals surface area contributed by atoms with Crippen LogP contribution in [0.15, 0.2) is 48.2 Å². The lowest BCUT2D eigenvalue weighted by molar-refractivity contribution is -0.121. The summed E-state index contributed by atoms with van der Waals surface area (Å²) >= 11 is 8.08. The van der Waals surface area contributed by atoms with Crippen molar-refractivity contribution < 1.29 is 14.0 Å². The number of nitrogens with one attached hydrogen (secondary N) is 1. The number of imidazole rings is 1. The second-order valence-electron chi connectivity index (χ2n) is 11.9. The highest BCUT2D eigenvalue weighted by Crippen LogP contribution is 2.39. The Morgan fingerprint density at radius 2 is 1.91 bits per heavy atom. The number of thiazole rings is 1. The number of aromatic nitrogens is 3. The van der Waals surface area contributed by atoms with Crippen molar-refractivity contribution in [2.45, 2.75) is 50.9 Å². The number of halogens is 2. The SMILES string of the molecule is O=C(Nc1nccs1)C(c1ncn2c1CCC2)N1Cc2c(F)cc(-c3ccc(N4CCN(C5CC5)CC4)c(Cl)c3)cc2C1=O. The number of nitrogens with zero attached hydrogens (tertiary/aromatic N) is 6. The topological polar surface area (TPSA) is 86.6 Å². The van der Waals surface area contributed by atoms with Gasteiger partial charge in [-0.15, -0.1) is 11.3 Å². The van der Waals surface area contributed by atoms with Gasteiger partial charge < -0.3 is 14.4 Å². The number of fused-ring (bicyclic) bond motifs is 2. The zero-order chi connectivity index (χ0) is 29.9. The zero-order valence-electron chi connectivity index (χ0n) is 24.0. The molecule has 2 aromatic carbocycles. The first-order valence-corrected chi connectivity index (χ1v) is 16.4. The van der Waals surface area contributed by atoms with Crippen molar-refractivity contribution in [3.05, 3.63) is 81.6 Å². The molecule has 0 spiro atoms. The molecule has 1 saturated heterocycles. The molecule has 0 bridgehead atoms. The van der Waals surface area contributed by atoms with E-state index < -0.39 is 23.7 Å². The highest BCUT2D eigenvalue weighted by Gasteiger charge is 2.42. The van der Waals surface area contributed by atoms with E-state index in [-0.39, 0.29) is 17.7 Å². The lowest BCUT2D eigenvalue weighted by Gasteiger charge is -2.36. The van der Waals surface area contributed by atoms with Crippen LogP contribution in [-0.2, 0) is 24.3 Å². The summed E-state index contributed by atoms with van der Waals surface area (Å²) in [6.07, 6.45) is 7.63. The Balaban J connectivity index is 1.08.